The molecule has 0 bridgehead atoms. The Labute approximate surface area is 133 Å². The van der Waals surface area contributed by atoms with Crippen LogP contribution in [-0.2, 0) is 11.3 Å². The van der Waals surface area contributed by atoms with Crippen molar-refractivity contribution in [1.82, 2.24) is 14.9 Å². The molecule has 0 aromatic carbocycles. The van der Waals surface area contributed by atoms with Crippen LogP contribution >= 0.6 is 11.3 Å². The van der Waals surface area contributed by atoms with E-state index in [2.05, 4.69) is 14.9 Å². The van der Waals surface area contributed by atoms with E-state index in [0.717, 1.165) is 32.5 Å². The fourth-order valence-electron chi connectivity index (χ4n) is 3.33. The van der Waals surface area contributed by atoms with Crippen molar-refractivity contribution < 1.29 is 9.47 Å². The highest BCUT2D eigenvalue weighted by atomic mass is 32.1. The Kier molecular flexibility index (Phi) is 3.82. The van der Waals surface area contributed by atoms with Crippen LogP contribution in [0.25, 0.3) is 0 Å². The molecule has 2 aliphatic rings. The van der Waals surface area contributed by atoms with Crippen molar-refractivity contribution in [2.45, 2.75) is 31.1 Å². The van der Waals surface area contributed by atoms with Gasteiger partial charge in [0.05, 0.1) is 18.8 Å². The summed E-state index contributed by atoms with van der Waals surface area (Å²) >= 11 is 1.72. The van der Waals surface area contributed by atoms with Crippen LogP contribution in [0.3, 0.4) is 0 Å². The number of pyridine rings is 1. The topological polar surface area (TPSA) is 47.5 Å². The zero-order valence-electron chi connectivity index (χ0n) is 12.4. The quantitative estimate of drug-likeness (QED) is 0.866. The minimum Gasteiger partial charge on any atom is -0.472 e. The number of aromatic nitrogens is 2. The molecule has 2 atom stereocenters. The number of ether oxygens (including phenoxy) is 2. The SMILES string of the molecule is c1ccc(O[C@H]2CO[C@@]3(CCN(Cc4nccs4)C3)C2)nc1. The minimum absolute atomic E-state index is 0.0449. The largest absolute Gasteiger partial charge is 0.472 e. The zero-order valence-corrected chi connectivity index (χ0v) is 13.2. The Bertz CT molecular complexity index is 607. The highest BCUT2D eigenvalue weighted by Crippen LogP contribution is 2.36. The lowest BCUT2D eigenvalue weighted by Crippen LogP contribution is -2.33. The zero-order chi connectivity index (χ0) is 14.8. The maximum absolute atomic E-state index is 6.12. The lowest BCUT2D eigenvalue weighted by molar-refractivity contribution is 0.00923. The van der Waals surface area contributed by atoms with Gasteiger partial charge in [-0.05, 0) is 12.5 Å². The van der Waals surface area contributed by atoms with Gasteiger partial charge in [-0.1, -0.05) is 6.07 Å². The standard InChI is InChI=1S/C16H19N3O2S/c1-2-5-17-14(3-1)21-13-9-16(20-11-13)4-7-19(12-16)10-15-18-6-8-22-15/h1-3,5-6,8,13H,4,7,9-12H2/t13-,16+/m1/s1. The molecule has 0 unspecified atom stereocenters. The lowest BCUT2D eigenvalue weighted by Gasteiger charge is -2.22. The maximum atomic E-state index is 6.12. The van der Waals surface area contributed by atoms with Gasteiger partial charge in [-0.25, -0.2) is 9.97 Å². The number of hydrogen-bond donors (Lipinski definition) is 0. The van der Waals surface area contributed by atoms with Gasteiger partial charge < -0.3 is 9.47 Å². The molecular formula is C16H19N3O2S. The van der Waals surface area contributed by atoms with Crippen molar-refractivity contribution in [2.24, 2.45) is 0 Å². The molecule has 0 amide bonds. The molecule has 2 aliphatic heterocycles. The molecule has 6 heteroatoms. The van der Waals surface area contributed by atoms with Crippen LogP contribution in [0.15, 0.2) is 36.0 Å². The van der Waals surface area contributed by atoms with Crippen LogP contribution < -0.4 is 4.74 Å². The highest BCUT2D eigenvalue weighted by Gasteiger charge is 2.46. The second-order valence-electron chi connectivity index (χ2n) is 5.99. The summed E-state index contributed by atoms with van der Waals surface area (Å²) in [5.41, 5.74) is -0.0449. The van der Waals surface area contributed by atoms with E-state index in [1.165, 1.54) is 5.01 Å². The molecule has 5 nitrogen and oxygen atoms in total. The predicted molar refractivity (Wildman–Crippen MR) is 84.0 cm³/mol. The molecule has 2 fully saturated rings. The van der Waals surface area contributed by atoms with Crippen LogP contribution in [0, 0.1) is 0 Å². The van der Waals surface area contributed by atoms with Crippen LogP contribution in [0.4, 0.5) is 0 Å². The first kappa shape index (κ1) is 14.1. The van der Waals surface area contributed by atoms with Crippen LogP contribution in [0.5, 0.6) is 5.88 Å². The first-order valence-corrected chi connectivity index (χ1v) is 8.52. The monoisotopic (exact) mass is 317 g/mol. The van der Waals surface area contributed by atoms with Gasteiger partial charge >= 0.3 is 0 Å². The molecule has 22 heavy (non-hydrogen) atoms. The maximum Gasteiger partial charge on any atom is 0.213 e. The van der Waals surface area contributed by atoms with Crippen molar-refractivity contribution in [3.05, 3.63) is 41.0 Å². The summed E-state index contributed by atoms with van der Waals surface area (Å²) in [6, 6.07) is 5.74. The summed E-state index contributed by atoms with van der Waals surface area (Å²) in [5.74, 6) is 0.686. The fraction of sp³-hybridized carbons (Fsp3) is 0.500. The molecule has 1 spiro atoms. The summed E-state index contributed by atoms with van der Waals surface area (Å²) in [6.45, 7) is 3.61. The number of likely N-dealkylation sites (tertiary alicyclic amines) is 1. The molecule has 2 aromatic heterocycles. The minimum atomic E-state index is -0.0449. The second kappa shape index (κ2) is 5.95. The smallest absolute Gasteiger partial charge is 0.213 e. The van der Waals surface area contributed by atoms with E-state index in [9.17, 15) is 0 Å². The summed E-state index contributed by atoms with van der Waals surface area (Å²) in [4.78, 5) is 11.0. The molecular weight excluding hydrogens is 298 g/mol. The molecule has 0 aliphatic carbocycles. The number of rotatable bonds is 4. The van der Waals surface area contributed by atoms with Gasteiger partial charge in [0.1, 0.15) is 11.1 Å². The Morgan fingerprint density at radius 2 is 2.36 bits per heavy atom. The van der Waals surface area contributed by atoms with Gasteiger partial charge in [0.2, 0.25) is 5.88 Å². The van der Waals surface area contributed by atoms with Crippen molar-refractivity contribution in [1.29, 1.82) is 0 Å². The van der Waals surface area contributed by atoms with Crippen LogP contribution in [-0.4, -0.2) is 46.3 Å². The van der Waals surface area contributed by atoms with Crippen molar-refractivity contribution in [3.8, 4) is 5.88 Å². The first-order valence-electron chi connectivity index (χ1n) is 7.64. The average Bonchev–Trinajstić information content (AvgIpc) is 3.25. The van der Waals surface area contributed by atoms with Crippen LogP contribution in [0.2, 0.25) is 0 Å². The average molecular weight is 317 g/mol. The third-order valence-corrected chi connectivity index (χ3v) is 5.10. The molecule has 0 saturated carbocycles. The molecule has 4 heterocycles. The first-order chi connectivity index (χ1) is 10.8. The Morgan fingerprint density at radius 1 is 1.36 bits per heavy atom. The van der Waals surface area contributed by atoms with E-state index in [-0.39, 0.29) is 11.7 Å². The van der Waals surface area contributed by atoms with Gasteiger partial charge in [-0.15, -0.1) is 11.3 Å². The Hall–Kier alpha value is -1.50. The molecule has 2 saturated heterocycles. The van der Waals surface area contributed by atoms with E-state index >= 15 is 0 Å². The van der Waals surface area contributed by atoms with E-state index < -0.39 is 0 Å². The Balaban J connectivity index is 1.34. The number of nitrogens with zero attached hydrogens (tertiary/aromatic N) is 3. The van der Waals surface area contributed by atoms with E-state index in [1.807, 2.05) is 29.8 Å². The summed E-state index contributed by atoms with van der Waals surface area (Å²) < 4.78 is 12.1. The fourth-order valence-corrected chi connectivity index (χ4v) is 3.99. The van der Waals surface area contributed by atoms with Gasteiger partial charge in [-0.2, -0.15) is 0 Å². The van der Waals surface area contributed by atoms with Gasteiger partial charge in [0.25, 0.3) is 0 Å². The van der Waals surface area contributed by atoms with E-state index in [4.69, 9.17) is 9.47 Å². The Morgan fingerprint density at radius 3 is 3.18 bits per heavy atom. The third kappa shape index (κ3) is 2.99. The number of hydrogen-bond acceptors (Lipinski definition) is 6. The lowest BCUT2D eigenvalue weighted by atomic mass is 9.98. The van der Waals surface area contributed by atoms with E-state index in [0.29, 0.717) is 12.5 Å². The van der Waals surface area contributed by atoms with Crippen molar-refractivity contribution in [2.75, 3.05) is 19.7 Å². The predicted octanol–water partition coefficient (Wildman–Crippen LogP) is 2.35. The third-order valence-electron chi connectivity index (χ3n) is 4.34. The van der Waals surface area contributed by atoms with Crippen molar-refractivity contribution in [3.63, 3.8) is 0 Å². The second-order valence-corrected chi connectivity index (χ2v) is 6.97. The molecule has 0 N–H and O–H groups in total. The molecule has 4 rings (SSSR count). The van der Waals surface area contributed by atoms with Crippen LogP contribution in [0.1, 0.15) is 17.8 Å². The normalized spacial score (nSPS) is 28.5. The van der Waals surface area contributed by atoms with Gasteiger partial charge in [0.15, 0.2) is 0 Å². The molecule has 0 radical (unpaired) electrons. The van der Waals surface area contributed by atoms with E-state index in [1.54, 1.807) is 17.5 Å². The summed E-state index contributed by atoms with van der Waals surface area (Å²) in [5, 5.41) is 3.21. The molecule has 2 aromatic rings. The number of thiazole rings is 1. The molecule has 116 valence electrons. The summed E-state index contributed by atoms with van der Waals surface area (Å²) in [7, 11) is 0. The van der Waals surface area contributed by atoms with Gasteiger partial charge in [0, 0.05) is 43.4 Å². The van der Waals surface area contributed by atoms with Gasteiger partial charge in [-0.3, -0.25) is 4.90 Å². The summed E-state index contributed by atoms with van der Waals surface area (Å²) in [6.07, 6.45) is 5.74. The van der Waals surface area contributed by atoms with Crippen molar-refractivity contribution >= 4 is 11.3 Å². The highest BCUT2D eigenvalue weighted by molar-refractivity contribution is 7.09.